The molecule has 3 rings (SSSR count). The van der Waals surface area contributed by atoms with Crippen molar-refractivity contribution < 1.29 is 9.90 Å². The summed E-state index contributed by atoms with van der Waals surface area (Å²) in [6, 6.07) is 5.32. The largest absolute Gasteiger partial charge is 0.480 e. The highest BCUT2D eigenvalue weighted by molar-refractivity contribution is 6.01. The smallest absolute Gasteiger partial charge is 0.326 e. The van der Waals surface area contributed by atoms with Crippen LogP contribution in [0.25, 0.3) is 10.8 Å². The van der Waals surface area contributed by atoms with E-state index in [2.05, 4.69) is 4.98 Å². The highest BCUT2D eigenvalue weighted by atomic mass is 16.4. The zero-order chi connectivity index (χ0) is 14.3. The number of nitrogens with two attached hydrogens (primary N) is 1. The second-order valence-electron chi connectivity index (χ2n) is 5.22. The van der Waals surface area contributed by atoms with Gasteiger partial charge in [-0.3, -0.25) is 0 Å². The number of aliphatic carboxylic acids is 1. The fraction of sp³-hybridized carbons (Fsp3) is 0.333. The SMILES string of the molecule is Cc1ccc2c(N3CCCC3C(=O)O)nccc2c1N. The molecule has 1 aromatic heterocycles. The van der Waals surface area contributed by atoms with Crippen LogP contribution in [0.15, 0.2) is 24.4 Å². The molecule has 1 aliphatic heterocycles. The van der Waals surface area contributed by atoms with Crippen LogP contribution in [0.2, 0.25) is 0 Å². The molecule has 104 valence electrons. The Bertz CT molecular complexity index is 684. The molecule has 3 N–H and O–H groups in total. The monoisotopic (exact) mass is 271 g/mol. The lowest BCUT2D eigenvalue weighted by molar-refractivity contribution is -0.138. The first-order chi connectivity index (χ1) is 9.59. The number of rotatable bonds is 2. The lowest BCUT2D eigenvalue weighted by Crippen LogP contribution is -2.36. The number of benzene rings is 1. The van der Waals surface area contributed by atoms with Crippen LogP contribution in [-0.2, 0) is 4.79 Å². The summed E-state index contributed by atoms with van der Waals surface area (Å²) < 4.78 is 0. The van der Waals surface area contributed by atoms with Gasteiger partial charge in [-0.2, -0.15) is 0 Å². The van der Waals surface area contributed by atoms with Crippen molar-refractivity contribution in [1.82, 2.24) is 4.98 Å². The van der Waals surface area contributed by atoms with Gasteiger partial charge in [0.2, 0.25) is 0 Å². The Morgan fingerprint density at radius 1 is 1.40 bits per heavy atom. The van der Waals surface area contributed by atoms with E-state index in [-0.39, 0.29) is 0 Å². The van der Waals surface area contributed by atoms with E-state index in [4.69, 9.17) is 5.73 Å². The van der Waals surface area contributed by atoms with Crippen LogP contribution in [-0.4, -0.2) is 28.6 Å². The van der Waals surface area contributed by atoms with Gasteiger partial charge in [-0.25, -0.2) is 9.78 Å². The first-order valence-corrected chi connectivity index (χ1v) is 6.73. The average molecular weight is 271 g/mol. The molecule has 2 aromatic rings. The number of aryl methyl sites for hydroxylation is 1. The third kappa shape index (κ3) is 1.86. The highest BCUT2D eigenvalue weighted by Crippen LogP contribution is 2.33. The van der Waals surface area contributed by atoms with E-state index in [1.807, 2.05) is 30.0 Å². The van der Waals surface area contributed by atoms with Gasteiger partial charge in [-0.1, -0.05) is 12.1 Å². The van der Waals surface area contributed by atoms with Crippen molar-refractivity contribution in [1.29, 1.82) is 0 Å². The maximum atomic E-state index is 11.3. The van der Waals surface area contributed by atoms with Crippen LogP contribution in [0.4, 0.5) is 11.5 Å². The summed E-state index contributed by atoms with van der Waals surface area (Å²) in [5.74, 6) is -0.0690. The van der Waals surface area contributed by atoms with Gasteiger partial charge in [0, 0.05) is 29.2 Å². The van der Waals surface area contributed by atoms with Gasteiger partial charge < -0.3 is 15.7 Å². The number of hydrogen-bond acceptors (Lipinski definition) is 4. The minimum atomic E-state index is -0.790. The molecule has 0 saturated carbocycles. The molecule has 0 bridgehead atoms. The molecule has 1 fully saturated rings. The summed E-state index contributed by atoms with van der Waals surface area (Å²) in [5, 5.41) is 11.2. The van der Waals surface area contributed by atoms with E-state index < -0.39 is 12.0 Å². The summed E-state index contributed by atoms with van der Waals surface area (Å²) in [6.07, 6.45) is 3.23. The van der Waals surface area contributed by atoms with Gasteiger partial charge in [0.05, 0.1) is 0 Å². The third-order valence-electron chi connectivity index (χ3n) is 3.99. The van der Waals surface area contributed by atoms with Gasteiger partial charge in [-0.05, 0) is 31.4 Å². The van der Waals surface area contributed by atoms with Crippen LogP contribution in [0.5, 0.6) is 0 Å². The second kappa shape index (κ2) is 4.67. The Hall–Kier alpha value is -2.30. The number of anilines is 2. The molecular formula is C15H17N3O2. The predicted molar refractivity (Wildman–Crippen MR) is 78.9 cm³/mol. The molecule has 1 unspecified atom stereocenters. The van der Waals surface area contributed by atoms with Gasteiger partial charge in [0.1, 0.15) is 11.9 Å². The zero-order valence-corrected chi connectivity index (χ0v) is 11.3. The number of nitrogens with zero attached hydrogens (tertiary/aromatic N) is 2. The maximum absolute atomic E-state index is 11.3. The molecule has 0 aliphatic carbocycles. The predicted octanol–water partition coefficient (Wildman–Crippen LogP) is 2.18. The van der Waals surface area contributed by atoms with Crippen LogP contribution in [0.1, 0.15) is 18.4 Å². The zero-order valence-electron chi connectivity index (χ0n) is 11.3. The normalized spacial score (nSPS) is 18.6. The Morgan fingerprint density at radius 2 is 2.20 bits per heavy atom. The third-order valence-corrected chi connectivity index (χ3v) is 3.99. The summed E-state index contributed by atoms with van der Waals surface area (Å²) in [4.78, 5) is 17.6. The Kier molecular flexibility index (Phi) is 2.97. The van der Waals surface area contributed by atoms with Gasteiger partial charge in [-0.15, -0.1) is 0 Å². The Labute approximate surface area is 117 Å². The summed E-state index contributed by atoms with van der Waals surface area (Å²) in [7, 11) is 0. The van der Waals surface area contributed by atoms with Crippen molar-refractivity contribution in [2.45, 2.75) is 25.8 Å². The van der Waals surface area contributed by atoms with Crippen molar-refractivity contribution >= 4 is 28.2 Å². The van der Waals surface area contributed by atoms with E-state index >= 15 is 0 Å². The van der Waals surface area contributed by atoms with Crippen molar-refractivity contribution in [2.75, 3.05) is 17.2 Å². The molecule has 0 radical (unpaired) electrons. The van der Waals surface area contributed by atoms with Gasteiger partial charge >= 0.3 is 5.97 Å². The maximum Gasteiger partial charge on any atom is 0.326 e. The van der Waals surface area contributed by atoms with Gasteiger partial charge in [0.25, 0.3) is 0 Å². The Balaban J connectivity index is 2.17. The highest BCUT2D eigenvalue weighted by Gasteiger charge is 2.32. The molecule has 1 atom stereocenters. The number of pyridine rings is 1. The lowest BCUT2D eigenvalue weighted by atomic mass is 10.1. The average Bonchev–Trinajstić information content (AvgIpc) is 2.92. The number of hydrogen-bond donors (Lipinski definition) is 2. The van der Waals surface area contributed by atoms with Crippen molar-refractivity contribution in [3.8, 4) is 0 Å². The first kappa shape index (κ1) is 12.7. The van der Waals surface area contributed by atoms with Crippen molar-refractivity contribution in [2.24, 2.45) is 0 Å². The second-order valence-corrected chi connectivity index (χ2v) is 5.22. The fourth-order valence-electron chi connectivity index (χ4n) is 2.88. The molecular weight excluding hydrogens is 254 g/mol. The molecule has 2 heterocycles. The topological polar surface area (TPSA) is 79.5 Å². The minimum absolute atomic E-state index is 0.490. The van der Waals surface area contributed by atoms with Crippen LogP contribution in [0.3, 0.4) is 0 Å². The molecule has 1 aliphatic rings. The van der Waals surface area contributed by atoms with Crippen molar-refractivity contribution in [3.63, 3.8) is 0 Å². The molecule has 5 heteroatoms. The Morgan fingerprint density at radius 3 is 2.95 bits per heavy atom. The number of carboxylic acids is 1. The minimum Gasteiger partial charge on any atom is -0.480 e. The van der Waals surface area contributed by atoms with E-state index in [1.165, 1.54) is 0 Å². The summed E-state index contributed by atoms with van der Waals surface area (Å²) >= 11 is 0. The summed E-state index contributed by atoms with van der Waals surface area (Å²) in [6.45, 7) is 2.68. The molecule has 1 aromatic carbocycles. The number of carboxylic acid groups (broad SMARTS) is 1. The fourth-order valence-corrected chi connectivity index (χ4v) is 2.88. The molecule has 5 nitrogen and oxygen atoms in total. The number of nitrogen functional groups attached to an aromatic ring is 1. The molecule has 0 amide bonds. The molecule has 1 saturated heterocycles. The first-order valence-electron chi connectivity index (χ1n) is 6.73. The van der Waals surface area contributed by atoms with Crippen molar-refractivity contribution in [3.05, 3.63) is 30.0 Å². The lowest BCUT2D eigenvalue weighted by Gasteiger charge is -2.24. The summed E-state index contributed by atoms with van der Waals surface area (Å²) in [5.41, 5.74) is 7.87. The van der Waals surface area contributed by atoms with Crippen LogP contribution >= 0.6 is 0 Å². The molecule has 20 heavy (non-hydrogen) atoms. The quantitative estimate of drug-likeness (QED) is 0.818. The van der Waals surface area contributed by atoms with E-state index in [1.54, 1.807) is 6.20 Å². The molecule has 0 spiro atoms. The van der Waals surface area contributed by atoms with Gasteiger partial charge in [0.15, 0.2) is 0 Å². The number of fused-ring (bicyclic) bond motifs is 1. The van der Waals surface area contributed by atoms with E-state index in [0.717, 1.165) is 40.8 Å². The van der Waals surface area contributed by atoms with E-state index in [0.29, 0.717) is 6.42 Å². The standard InChI is InChI=1S/C15H17N3O2/c1-9-4-5-11-10(13(9)16)6-7-17-14(11)18-8-2-3-12(18)15(19)20/h4-7,12H,2-3,8,16H2,1H3,(H,19,20). The van der Waals surface area contributed by atoms with Crippen LogP contribution in [0, 0.1) is 6.92 Å². The number of carbonyl (C=O) groups is 1. The van der Waals surface area contributed by atoms with Crippen LogP contribution < -0.4 is 10.6 Å². The number of aromatic nitrogens is 1. The van der Waals surface area contributed by atoms with E-state index in [9.17, 15) is 9.90 Å².